The van der Waals surface area contributed by atoms with Crippen LogP contribution in [0.4, 0.5) is 0 Å². The highest BCUT2D eigenvalue weighted by atomic mass is 16.2. The fourth-order valence-electron chi connectivity index (χ4n) is 2.53. The van der Waals surface area contributed by atoms with Crippen LogP contribution in [0.3, 0.4) is 0 Å². The van der Waals surface area contributed by atoms with E-state index >= 15 is 0 Å². The van der Waals surface area contributed by atoms with Crippen LogP contribution in [-0.4, -0.2) is 29.2 Å². The molecule has 1 aromatic rings. The Balaban J connectivity index is 2.03. The van der Waals surface area contributed by atoms with Crippen molar-refractivity contribution in [2.45, 2.75) is 39.2 Å². The topological polar surface area (TPSA) is 37.4 Å². The van der Waals surface area contributed by atoms with Gasteiger partial charge in [0.25, 0.3) is 0 Å². The smallest absolute Gasteiger partial charge is 0.219 e. The second-order valence-electron chi connectivity index (χ2n) is 5.00. The zero-order chi connectivity index (χ0) is 13.1. The van der Waals surface area contributed by atoms with Gasteiger partial charge in [0.2, 0.25) is 5.91 Å². The van der Waals surface area contributed by atoms with Crippen molar-refractivity contribution < 1.29 is 9.59 Å². The Labute approximate surface area is 108 Å². The van der Waals surface area contributed by atoms with E-state index in [1.54, 1.807) is 6.92 Å². The van der Waals surface area contributed by atoms with Crippen molar-refractivity contribution >= 4 is 11.7 Å². The summed E-state index contributed by atoms with van der Waals surface area (Å²) in [5, 5.41) is 0. The lowest BCUT2D eigenvalue weighted by molar-refractivity contribution is -0.129. The molecule has 0 aliphatic carbocycles. The van der Waals surface area contributed by atoms with Crippen molar-refractivity contribution in [1.29, 1.82) is 0 Å². The third-order valence-corrected chi connectivity index (χ3v) is 3.58. The number of hydrogen-bond acceptors (Lipinski definition) is 2. The highest BCUT2D eigenvalue weighted by Gasteiger charge is 2.28. The molecule has 0 saturated carbocycles. The first-order chi connectivity index (χ1) is 8.58. The van der Waals surface area contributed by atoms with Crippen LogP contribution >= 0.6 is 0 Å². The maximum atomic E-state index is 12.1. The SMILES string of the molecule is CC(=O)N1CCCC1CC(=O)c1ccc(C)cc1. The molecule has 1 atom stereocenters. The number of benzene rings is 1. The van der Waals surface area contributed by atoms with E-state index in [2.05, 4.69) is 0 Å². The molecule has 0 spiro atoms. The Kier molecular flexibility index (Phi) is 3.80. The number of carbonyl (C=O) groups is 2. The summed E-state index contributed by atoms with van der Waals surface area (Å²) in [4.78, 5) is 25.4. The maximum Gasteiger partial charge on any atom is 0.219 e. The molecule has 1 saturated heterocycles. The first-order valence-corrected chi connectivity index (χ1v) is 6.45. The molecule has 0 bridgehead atoms. The van der Waals surface area contributed by atoms with E-state index in [1.165, 1.54) is 0 Å². The highest BCUT2D eigenvalue weighted by Crippen LogP contribution is 2.22. The van der Waals surface area contributed by atoms with E-state index in [0.717, 1.165) is 30.5 Å². The van der Waals surface area contributed by atoms with Crippen molar-refractivity contribution in [3.05, 3.63) is 35.4 Å². The van der Waals surface area contributed by atoms with E-state index in [9.17, 15) is 9.59 Å². The molecule has 18 heavy (non-hydrogen) atoms. The first-order valence-electron chi connectivity index (χ1n) is 6.45. The molecule has 1 fully saturated rings. The molecule has 1 unspecified atom stereocenters. The number of hydrogen-bond donors (Lipinski definition) is 0. The summed E-state index contributed by atoms with van der Waals surface area (Å²) in [6, 6.07) is 7.72. The largest absolute Gasteiger partial charge is 0.340 e. The van der Waals surface area contributed by atoms with Crippen molar-refractivity contribution in [3.63, 3.8) is 0 Å². The summed E-state index contributed by atoms with van der Waals surface area (Å²) < 4.78 is 0. The molecule has 0 aromatic heterocycles. The van der Waals surface area contributed by atoms with Crippen LogP contribution in [0.5, 0.6) is 0 Å². The van der Waals surface area contributed by atoms with Gasteiger partial charge in [0.05, 0.1) is 0 Å². The minimum absolute atomic E-state index is 0.0780. The number of ketones is 1. The molecule has 3 nitrogen and oxygen atoms in total. The Morgan fingerprint density at radius 1 is 1.28 bits per heavy atom. The molecule has 2 rings (SSSR count). The Morgan fingerprint density at radius 2 is 1.94 bits per heavy atom. The molecular formula is C15H19NO2. The van der Waals surface area contributed by atoms with Crippen LogP contribution in [0.2, 0.25) is 0 Å². The minimum Gasteiger partial charge on any atom is -0.340 e. The third-order valence-electron chi connectivity index (χ3n) is 3.58. The van der Waals surface area contributed by atoms with Gasteiger partial charge in [-0.15, -0.1) is 0 Å². The number of Topliss-reactive ketones (excluding diaryl/α,β-unsaturated/α-hetero) is 1. The van der Waals surface area contributed by atoms with Gasteiger partial charge in [0.15, 0.2) is 5.78 Å². The van der Waals surface area contributed by atoms with Gasteiger partial charge in [-0.25, -0.2) is 0 Å². The van der Waals surface area contributed by atoms with Crippen molar-refractivity contribution in [2.75, 3.05) is 6.54 Å². The van der Waals surface area contributed by atoms with Gasteiger partial charge in [0, 0.05) is 31.5 Å². The van der Waals surface area contributed by atoms with Gasteiger partial charge in [0.1, 0.15) is 0 Å². The molecule has 3 heteroatoms. The van der Waals surface area contributed by atoms with Gasteiger partial charge in [-0.05, 0) is 19.8 Å². The summed E-state index contributed by atoms with van der Waals surface area (Å²) in [5.41, 5.74) is 1.90. The average molecular weight is 245 g/mol. The molecule has 1 aliphatic rings. The van der Waals surface area contributed by atoms with Crippen LogP contribution in [0.25, 0.3) is 0 Å². The zero-order valence-electron chi connectivity index (χ0n) is 11.0. The predicted octanol–water partition coefficient (Wildman–Crippen LogP) is 2.58. The molecule has 1 heterocycles. The second kappa shape index (κ2) is 5.34. The maximum absolute atomic E-state index is 12.1. The number of likely N-dealkylation sites (tertiary alicyclic amines) is 1. The van der Waals surface area contributed by atoms with Crippen LogP contribution in [-0.2, 0) is 4.79 Å². The summed E-state index contributed by atoms with van der Waals surface area (Å²) in [6.07, 6.45) is 2.39. The van der Waals surface area contributed by atoms with E-state index in [1.807, 2.05) is 36.1 Å². The number of aryl methyl sites for hydroxylation is 1. The highest BCUT2D eigenvalue weighted by molar-refractivity contribution is 5.96. The van der Waals surface area contributed by atoms with Crippen molar-refractivity contribution in [3.8, 4) is 0 Å². The predicted molar refractivity (Wildman–Crippen MR) is 70.5 cm³/mol. The number of amides is 1. The van der Waals surface area contributed by atoms with E-state index in [-0.39, 0.29) is 17.7 Å². The van der Waals surface area contributed by atoms with E-state index in [4.69, 9.17) is 0 Å². The van der Waals surface area contributed by atoms with Crippen molar-refractivity contribution in [1.82, 2.24) is 4.90 Å². The Hall–Kier alpha value is -1.64. The van der Waals surface area contributed by atoms with Gasteiger partial charge in [-0.1, -0.05) is 29.8 Å². The molecule has 1 amide bonds. The van der Waals surface area contributed by atoms with Gasteiger partial charge in [-0.2, -0.15) is 0 Å². The van der Waals surface area contributed by atoms with Crippen molar-refractivity contribution in [2.24, 2.45) is 0 Å². The average Bonchev–Trinajstić information content (AvgIpc) is 2.78. The van der Waals surface area contributed by atoms with E-state index in [0.29, 0.717) is 6.42 Å². The van der Waals surface area contributed by atoms with Gasteiger partial charge < -0.3 is 4.90 Å². The Morgan fingerprint density at radius 3 is 2.56 bits per heavy atom. The normalized spacial score (nSPS) is 19.0. The molecule has 1 aromatic carbocycles. The van der Waals surface area contributed by atoms with Crippen LogP contribution in [0.1, 0.15) is 42.1 Å². The number of nitrogens with zero attached hydrogens (tertiary/aromatic N) is 1. The molecule has 0 N–H and O–H groups in total. The second-order valence-corrected chi connectivity index (χ2v) is 5.00. The summed E-state index contributed by atoms with van der Waals surface area (Å²) in [6.45, 7) is 4.37. The quantitative estimate of drug-likeness (QED) is 0.767. The van der Waals surface area contributed by atoms with Crippen LogP contribution in [0.15, 0.2) is 24.3 Å². The summed E-state index contributed by atoms with van der Waals surface area (Å²) >= 11 is 0. The first kappa shape index (κ1) is 12.8. The third kappa shape index (κ3) is 2.78. The Bertz CT molecular complexity index is 450. The standard InChI is InChI=1S/C15H19NO2/c1-11-5-7-13(8-6-11)15(18)10-14-4-3-9-16(14)12(2)17/h5-8,14H,3-4,9-10H2,1-2H3. The fraction of sp³-hybridized carbons (Fsp3) is 0.467. The lowest BCUT2D eigenvalue weighted by Gasteiger charge is -2.22. The van der Waals surface area contributed by atoms with Crippen LogP contribution in [0, 0.1) is 6.92 Å². The van der Waals surface area contributed by atoms with Gasteiger partial charge in [-0.3, -0.25) is 9.59 Å². The fourth-order valence-corrected chi connectivity index (χ4v) is 2.53. The molecule has 0 radical (unpaired) electrons. The summed E-state index contributed by atoms with van der Waals surface area (Å²) in [7, 11) is 0. The van der Waals surface area contributed by atoms with Gasteiger partial charge >= 0.3 is 0 Å². The summed E-state index contributed by atoms with van der Waals surface area (Å²) in [5.74, 6) is 0.211. The monoisotopic (exact) mass is 245 g/mol. The van der Waals surface area contributed by atoms with E-state index < -0.39 is 0 Å². The number of carbonyl (C=O) groups excluding carboxylic acids is 2. The number of rotatable bonds is 3. The zero-order valence-corrected chi connectivity index (χ0v) is 11.0. The lowest BCUT2D eigenvalue weighted by Crippen LogP contribution is -2.35. The molecule has 1 aliphatic heterocycles. The lowest BCUT2D eigenvalue weighted by atomic mass is 10.0. The minimum atomic E-state index is 0.0780. The molecular weight excluding hydrogens is 226 g/mol. The van der Waals surface area contributed by atoms with Crippen LogP contribution < -0.4 is 0 Å². The molecule has 96 valence electrons.